The Morgan fingerprint density at radius 1 is 0.905 bits per heavy atom. The molecule has 0 saturated carbocycles. The maximum absolute atomic E-state index is 6.19. The van der Waals surface area contributed by atoms with Crippen LogP contribution in [-0.2, 0) is 0 Å². The van der Waals surface area contributed by atoms with Crippen LogP contribution in [0.2, 0.25) is 20.1 Å². The van der Waals surface area contributed by atoms with Crippen molar-refractivity contribution in [1.29, 1.82) is 0 Å². The Hall–Kier alpha value is -0.800. The van der Waals surface area contributed by atoms with Gasteiger partial charge >= 0.3 is 0 Å². The minimum absolute atomic E-state index is 0.0412. The topological polar surface area (TPSA) is 21.3 Å². The van der Waals surface area contributed by atoms with Gasteiger partial charge in [0, 0.05) is 32.7 Å². The summed E-state index contributed by atoms with van der Waals surface area (Å²) in [5, 5.41) is 5.68. The molecule has 0 radical (unpaired) electrons. The lowest BCUT2D eigenvalue weighted by Crippen LogP contribution is -2.20. The summed E-state index contributed by atoms with van der Waals surface area (Å²) in [5.41, 5.74) is 1.79. The van der Waals surface area contributed by atoms with E-state index in [0.29, 0.717) is 32.4 Å². The van der Waals surface area contributed by atoms with E-state index in [9.17, 15) is 0 Å². The highest BCUT2D eigenvalue weighted by Gasteiger charge is 2.24. The van der Waals surface area contributed by atoms with E-state index in [-0.39, 0.29) is 6.04 Å². The molecule has 0 bridgehead atoms. The Labute approximate surface area is 142 Å². The summed E-state index contributed by atoms with van der Waals surface area (Å²) < 4.78 is 5.64. The summed E-state index contributed by atoms with van der Waals surface area (Å²) in [6, 6.07) is 8.94. The van der Waals surface area contributed by atoms with E-state index >= 15 is 0 Å². The Kier molecular flexibility index (Phi) is 4.41. The average molecular weight is 363 g/mol. The summed E-state index contributed by atoms with van der Waals surface area (Å²) in [6.45, 7) is 0.584. The van der Waals surface area contributed by atoms with Crippen LogP contribution in [0, 0.1) is 0 Å². The normalized spacial score (nSPS) is 17.0. The zero-order valence-electron chi connectivity index (χ0n) is 10.8. The van der Waals surface area contributed by atoms with E-state index in [1.54, 1.807) is 12.1 Å². The number of benzene rings is 2. The summed E-state index contributed by atoms with van der Waals surface area (Å²) in [7, 11) is 0. The predicted octanol–water partition coefficient (Wildman–Crippen LogP) is 6.24. The van der Waals surface area contributed by atoms with Crippen LogP contribution >= 0.6 is 46.4 Å². The highest BCUT2D eigenvalue weighted by molar-refractivity contribution is 6.36. The molecule has 2 aromatic rings. The molecule has 110 valence electrons. The van der Waals surface area contributed by atoms with E-state index in [2.05, 4.69) is 5.32 Å². The maximum Gasteiger partial charge on any atom is 0.143 e. The first kappa shape index (κ1) is 15.1. The smallest absolute Gasteiger partial charge is 0.143 e. The van der Waals surface area contributed by atoms with Gasteiger partial charge in [-0.25, -0.2) is 0 Å². The SMILES string of the molecule is Clc1cc(Cl)cc(NC2CCOc3c(Cl)cc(Cl)cc32)c1. The molecule has 1 atom stereocenters. The molecule has 6 heteroatoms. The van der Waals surface area contributed by atoms with E-state index in [4.69, 9.17) is 51.1 Å². The standard InChI is InChI=1S/C15H11Cl4NO/c16-8-3-9(17)5-11(4-8)20-14-1-2-21-15-12(14)6-10(18)7-13(15)19/h3-7,14,20H,1-2H2. The molecule has 1 N–H and O–H groups in total. The number of fused-ring (bicyclic) bond motifs is 1. The highest BCUT2D eigenvalue weighted by Crippen LogP contribution is 2.41. The lowest BCUT2D eigenvalue weighted by molar-refractivity contribution is 0.274. The minimum Gasteiger partial charge on any atom is -0.492 e. The zero-order valence-corrected chi connectivity index (χ0v) is 13.8. The molecule has 1 aliphatic rings. The number of hydrogen-bond acceptors (Lipinski definition) is 2. The summed E-state index contributed by atoms with van der Waals surface area (Å²) in [5.74, 6) is 0.679. The Morgan fingerprint density at radius 3 is 2.29 bits per heavy atom. The number of halogens is 4. The van der Waals surface area contributed by atoms with Gasteiger partial charge in [-0.15, -0.1) is 0 Å². The van der Waals surface area contributed by atoms with Crippen molar-refractivity contribution in [1.82, 2.24) is 0 Å². The van der Waals surface area contributed by atoms with Crippen molar-refractivity contribution in [3.8, 4) is 5.75 Å². The quantitative estimate of drug-likeness (QED) is 0.682. The molecule has 0 saturated heterocycles. The van der Waals surface area contributed by atoms with Crippen LogP contribution in [0.5, 0.6) is 5.75 Å². The van der Waals surface area contributed by atoms with Crippen LogP contribution in [0.15, 0.2) is 30.3 Å². The third-order valence-corrected chi connectivity index (χ3v) is 4.20. The van der Waals surface area contributed by atoms with Crippen LogP contribution in [-0.4, -0.2) is 6.61 Å². The number of anilines is 1. The first-order valence-electron chi connectivity index (χ1n) is 6.37. The monoisotopic (exact) mass is 361 g/mol. The molecule has 0 spiro atoms. The largest absolute Gasteiger partial charge is 0.492 e. The zero-order chi connectivity index (χ0) is 15.0. The van der Waals surface area contributed by atoms with Gasteiger partial charge in [0.1, 0.15) is 5.75 Å². The van der Waals surface area contributed by atoms with E-state index in [0.717, 1.165) is 17.7 Å². The molecular formula is C15H11Cl4NO. The van der Waals surface area contributed by atoms with Gasteiger partial charge in [0.05, 0.1) is 17.7 Å². The van der Waals surface area contributed by atoms with Gasteiger partial charge in [0.2, 0.25) is 0 Å². The van der Waals surface area contributed by atoms with E-state index < -0.39 is 0 Å². The second-order valence-corrected chi connectivity index (χ2v) is 6.51. The van der Waals surface area contributed by atoms with Crippen molar-refractivity contribution in [2.45, 2.75) is 12.5 Å². The van der Waals surface area contributed by atoms with Gasteiger partial charge < -0.3 is 10.1 Å². The average Bonchev–Trinajstić information content (AvgIpc) is 2.38. The van der Waals surface area contributed by atoms with Gasteiger partial charge in [-0.1, -0.05) is 46.4 Å². The molecule has 21 heavy (non-hydrogen) atoms. The maximum atomic E-state index is 6.19. The van der Waals surface area contributed by atoms with Gasteiger partial charge in [-0.05, 0) is 30.3 Å². The molecule has 1 aliphatic heterocycles. The number of rotatable bonds is 2. The van der Waals surface area contributed by atoms with Crippen molar-refractivity contribution in [3.63, 3.8) is 0 Å². The van der Waals surface area contributed by atoms with E-state index in [1.165, 1.54) is 0 Å². The van der Waals surface area contributed by atoms with Crippen molar-refractivity contribution in [3.05, 3.63) is 56.0 Å². The fraction of sp³-hybridized carbons (Fsp3) is 0.200. The summed E-state index contributed by atoms with van der Waals surface area (Å²) in [4.78, 5) is 0. The fourth-order valence-electron chi connectivity index (χ4n) is 2.41. The number of nitrogens with one attached hydrogen (secondary N) is 1. The fourth-order valence-corrected chi connectivity index (χ4v) is 3.50. The molecule has 0 amide bonds. The van der Waals surface area contributed by atoms with Crippen LogP contribution in [0.3, 0.4) is 0 Å². The Morgan fingerprint density at radius 2 is 1.57 bits per heavy atom. The Balaban J connectivity index is 1.95. The van der Waals surface area contributed by atoms with Gasteiger partial charge in [-0.2, -0.15) is 0 Å². The highest BCUT2D eigenvalue weighted by atomic mass is 35.5. The molecule has 3 rings (SSSR count). The Bertz CT molecular complexity index is 669. The molecule has 0 aliphatic carbocycles. The van der Waals surface area contributed by atoms with Crippen molar-refractivity contribution in [2.75, 3.05) is 11.9 Å². The molecule has 2 aromatic carbocycles. The van der Waals surface area contributed by atoms with E-state index in [1.807, 2.05) is 18.2 Å². The molecule has 1 unspecified atom stereocenters. The molecular weight excluding hydrogens is 352 g/mol. The van der Waals surface area contributed by atoms with Crippen molar-refractivity contribution < 1.29 is 4.74 Å². The second-order valence-electron chi connectivity index (χ2n) is 4.80. The lowest BCUT2D eigenvalue weighted by Gasteiger charge is -2.28. The van der Waals surface area contributed by atoms with Crippen molar-refractivity contribution in [2.24, 2.45) is 0 Å². The minimum atomic E-state index is 0.0412. The second kappa shape index (κ2) is 6.13. The van der Waals surface area contributed by atoms with Crippen LogP contribution < -0.4 is 10.1 Å². The van der Waals surface area contributed by atoms with Gasteiger partial charge in [-0.3, -0.25) is 0 Å². The lowest BCUT2D eigenvalue weighted by atomic mass is 10.00. The third kappa shape index (κ3) is 3.35. The van der Waals surface area contributed by atoms with Crippen LogP contribution in [0.1, 0.15) is 18.0 Å². The predicted molar refractivity (Wildman–Crippen MR) is 89.4 cm³/mol. The third-order valence-electron chi connectivity index (χ3n) is 3.27. The van der Waals surface area contributed by atoms with Crippen molar-refractivity contribution >= 4 is 52.1 Å². The molecule has 0 fully saturated rings. The first-order chi connectivity index (χ1) is 10.0. The van der Waals surface area contributed by atoms with Crippen LogP contribution in [0.4, 0.5) is 5.69 Å². The van der Waals surface area contributed by atoms with Gasteiger partial charge in [0.15, 0.2) is 0 Å². The first-order valence-corrected chi connectivity index (χ1v) is 7.88. The number of hydrogen-bond donors (Lipinski definition) is 1. The summed E-state index contributed by atoms with van der Waals surface area (Å²) >= 11 is 24.3. The number of ether oxygens (including phenoxy) is 1. The molecule has 0 aromatic heterocycles. The summed E-state index contributed by atoms with van der Waals surface area (Å²) in [6.07, 6.45) is 0.799. The molecule has 2 nitrogen and oxygen atoms in total. The molecule has 1 heterocycles. The van der Waals surface area contributed by atoms with Crippen LogP contribution in [0.25, 0.3) is 0 Å². The van der Waals surface area contributed by atoms with Gasteiger partial charge in [0.25, 0.3) is 0 Å².